The lowest BCUT2D eigenvalue weighted by atomic mass is 9.89. The number of pyridine rings is 1. The molecule has 33 heavy (non-hydrogen) atoms. The molecule has 1 heterocycles. The van der Waals surface area contributed by atoms with Gasteiger partial charge in [0.05, 0.1) is 11.0 Å². The predicted molar refractivity (Wildman–Crippen MR) is 145 cm³/mol. The zero-order valence-corrected chi connectivity index (χ0v) is 19.3. The van der Waals surface area contributed by atoms with Gasteiger partial charge in [-0.2, -0.15) is 0 Å². The lowest BCUT2D eigenvalue weighted by molar-refractivity contribution is 1.51. The second-order valence-electron chi connectivity index (χ2n) is 8.52. The average molecular weight is 484 g/mol. The quantitative estimate of drug-likeness (QED) is 0.167. The highest BCUT2D eigenvalue weighted by molar-refractivity contribution is 9.10. The summed E-state index contributed by atoms with van der Waals surface area (Å²) in [6.07, 6.45) is 0. The summed E-state index contributed by atoms with van der Waals surface area (Å²) in [5, 5.41) is 9.81. The lowest BCUT2D eigenvalue weighted by Gasteiger charge is -2.17. The van der Waals surface area contributed by atoms with Crippen molar-refractivity contribution in [2.24, 2.45) is 0 Å². The third-order valence-corrected chi connectivity index (χ3v) is 7.15. The fraction of sp³-hybridized carbons (Fsp3) is 0. The first-order valence-electron chi connectivity index (χ1n) is 11.1. The molecule has 0 radical (unpaired) electrons. The normalized spacial score (nSPS) is 11.8. The number of nitrogens with zero attached hydrogens (tertiary/aromatic N) is 1. The minimum absolute atomic E-state index is 1.01. The van der Waals surface area contributed by atoms with E-state index in [2.05, 4.69) is 125 Å². The van der Waals surface area contributed by atoms with E-state index in [4.69, 9.17) is 4.98 Å². The van der Waals surface area contributed by atoms with Crippen molar-refractivity contribution in [2.45, 2.75) is 0 Å². The second-order valence-corrected chi connectivity index (χ2v) is 9.44. The van der Waals surface area contributed by atoms with Crippen LogP contribution in [0.3, 0.4) is 0 Å². The number of halogens is 1. The second kappa shape index (κ2) is 7.13. The Balaban J connectivity index is 1.79. The van der Waals surface area contributed by atoms with Crippen molar-refractivity contribution in [1.29, 1.82) is 0 Å². The summed E-state index contributed by atoms with van der Waals surface area (Å²) in [5.41, 5.74) is 4.52. The summed E-state index contributed by atoms with van der Waals surface area (Å²) >= 11 is 3.70. The van der Waals surface area contributed by atoms with E-state index >= 15 is 0 Å². The molecule has 0 unspecified atom stereocenters. The molecule has 7 rings (SSSR count). The minimum atomic E-state index is 1.01. The highest BCUT2D eigenvalue weighted by atomic mass is 79.9. The van der Waals surface area contributed by atoms with Crippen LogP contribution in [0, 0.1) is 0 Å². The van der Waals surface area contributed by atoms with Crippen LogP contribution in [-0.2, 0) is 0 Å². The Kier molecular flexibility index (Phi) is 4.06. The van der Waals surface area contributed by atoms with E-state index in [0.29, 0.717) is 0 Å². The zero-order valence-electron chi connectivity index (χ0n) is 17.7. The molecule has 0 bridgehead atoms. The van der Waals surface area contributed by atoms with Crippen LogP contribution in [0.5, 0.6) is 0 Å². The van der Waals surface area contributed by atoms with Crippen molar-refractivity contribution in [2.75, 3.05) is 0 Å². The van der Waals surface area contributed by atoms with Gasteiger partial charge in [0.15, 0.2) is 0 Å². The molecule has 1 nitrogen and oxygen atoms in total. The Morgan fingerprint density at radius 1 is 0.515 bits per heavy atom. The highest BCUT2D eigenvalue weighted by Gasteiger charge is 2.17. The van der Waals surface area contributed by atoms with Gasteiger partial charge in [0.1, 0.15) is 0 Å². The minimum Gasteiger partial charge on any atom is -0.247 e. The molecule has 0 spiro atoms. The zero-order chi connectivity index (χ0) is 21.9. The van der Waals surface area contributed by atoms with Gasteiger partial charge in [-0.05, 0) is 56.8 Å². The van der Waals surface area contributed by atoms with Crippen LogP contribution >= 0.6 is 15.9 Å². The lowest BCUT2D eigenvalue weighted by Crippen LogP contribution is -1.93. The third-order valence-electron chi connectivity index (χ3n) is 6.65. The summed E-state index contributed by atoms with van der Waals surface area (Å²) in [4.78, 5) is 5.22. The Hall–Kier alpha value is -3.75. The van der Waals surface area contributed by atoms with Gasteiger partial charge in [0, 0.05) is 26.2 Å². The van der Waals surface area contributed by atoms with Crippen LogP contribution in [0.2, 0.25) is 0 Å². The number of aromatic nitrogens is 1. The Bertz CT molecular complexity index is 1880. The first-order chi connectivity index (χ1) is 16.3. The predicted octanol–water partition coefficient (Wildman–Crippen LogP) is 9.28. The monoisotopic (exact) mass is 483 g/mol. The summed E-state index contributed by atoms with van der Waals surface area (Å²) < 4.78 is 1.06. The standard InChI is InChI=1S/C31H18BrN/c32-22-15-16-28-27(18-22)29(21-14-13-19-7-1-2-8-20(19)17-21)30-25-11-5-3-9-23(25)24-10-4-6-12-26(24)31(30)33-28/h1-18H. The van der Waals surface area contributed by atoms with Crippen molar-refractivity contribution in [3.63, 3.8) is 0 Å². The van der Waals surface area contributed by atoms with Gasteiger partial charge in [0.2, 0.25) is 0 Å². The SMILES string of the molecule is Brc1ccc2nc3c4ccccc4c4ccccc4c3c(-c3ccc4ccccc4c3)c2c1. The largest absolute Gasteiger partial charge is 0.247 e. The van der Waals surface area contributed by atoms with E-state index in [1.807, 2.05) is 0 Å². The molecule has 0 fully saturated rings. The molecule has 0 aliphatic carbocycles. The van der Waals surface area contributed by atoms with Crippen LogP contribution in [0.25, 0.3) is 65.3 Å². The van der Waals surface area contributed by atoms with Gasteiger partial charge in [0.25, 0.3) is 0 Å². The van der Waals surface area contributed by atoms with Gasteiger partial charge in [-0.3, -0.25) is 0 Å². The topological polar surface area (TPSA) is 12.9 Å². The summed E-state index contributed by atoms with van der Waals surface area (Å²) in [6.45, 7) is 0. The van der Waals surface area contributed by atoms with Crippen LogP contribution in [0.4, 0.5) is 0 Å². The van der Waals surface area contributed by atoms with Gasteiger partial charge < -0.3 is 0 Å². The van der Waals surface area contributed by atoms with Crippen LogP contribution < -0.4 is 0 Å². The number of hydrogen-bond donors (Lipinski definition) is 0. The van der Waals surface area contributed by atoms with Gasteiger partial charge >= 0.3 is 0 Å². The van der Waals surface area contributed by atoms with Gasteiger partial charge in [-0.1, -0.05) is 101 Å². The van der Waals surface area contributed by atoms with Crippen molar-refractivity contribution < 1.29 is 0 Å². The summed E-state index contributed by atoms with van der Waals surface area (Å²) in [7, 11) is 0. The molecule has 0 saturated heterocycles. The molecule has 0 amide bonds. The fourth-order valence-electron chi connectivity index (χ4n) is 5.20. The highest BCUT2D eigenvalue weighted by Crippen LogP contribution is 2.43. The van der Waals surface area contributed by atoms with Gasteiger partial charge in [-0.25, -0.2) is 4.98 Å². The van der Waals surface area contributed by atoms with Crippen molar-refractivity contribution >= 4 is 70.1 Å². The smallest absolute Gasteiger partial charge is 0.0800 e. The molecule has 0 aliphatic rings. The van der Waals surface area contributed by atoms with E-state index in [0.717, 1.165) is 20.9 Å². The first kappa shape index (κ1) is 18.8. The van der Waals surface area contributed by atoms with Crippen molar-refractivity contribution in [3.8, 4) is 11.1 Å². The summed E-state index contributed by atoms with van der Waals surface area (Å²) in [5.74, 6) is 0. The number of rotatable bonds is 1. The molecule has 0 N–H and O–H groups in total. The van der Waals surface area contributed by atoms with Crippen LogP contribution in [-0.4, -0.2) is 4.98 Å². The van der Waals surface area contributed by atoms with Crippen molar-refractivity contribution in [3.05, 3.63) is 114 Å². The van der Waals surface area contributed by atoms with E-state index in [-0.39, 0.29) is 0 Å². The molecular weight excluding hydrogens is 466 g/mol. The van der Waals surface area contributed by atoms with Crippen LogP contribution in [0.1, 0.15) is 0 Å². The number of hydrogen-bond acceptors (Lipinski definition) is 1. The molecular formula is C31H18BrN. The summed E-state index contributed by atoms with van der Waals surface area (Å²) in [6, 6.07) is 39.1. The van der Waals surface area contributed by atoms with Gasteiger partial charge in [-0.15, -0.1) is 0 Å². The molecule has 1 aromatic heterocycles. The maximum absolute atomic E-state index is 5.22. The molecule has 7 aromatic rings. The van der Waals surface area contributed by atoms with E-state index in [9.17, 15) is 0 Å². The maximum atomic E-state index is 5.22. The Morgan fingerprint density at radius 2 is 1.18 bits per heavy atom. The molecule has 0 saturated carbocycles. The Labute approximate surface area is 199 Å². The molecule has 6 aromatic carbocycles. The average Bonchev–Trinajstić information content (AvgIpc) is 2.87. The van der Waals surface area contributed by atoms with E-state index in [1.165, 1.54) is 48.8 Å². The number of fused-ring (bicyclic) bond motifs is 8. The third kappa shape index (κ3) is 2.81. The fourth-order valence-corrected chi connectivity index (χ4v) is 5.56. The maximum Gasteiger partial charge on any atom is 0.0800 e. The molecule has 0 atom stereocenters. The molecule has 0 aliphatic heterocycles. The number of benzene rings is 6. The molecule has 154 valence electrons. The van der Waals surface area contributed by atoms with E-state index < -0.39 is 0 Å². The van der Waals surface area contributed by atoms with Crippen molar-refractivity contribution in [1.82, 2.24) is 4.98 Å². The van der Waals surface area contributed by atoms with E-state index in [1.54, 1.807) is 0 Å². The van der Waals surface area contributed by atoms with Crippen LogP contribution in [0.15, 0.2) is 114 Å². The molecule has 2 heteroatoms. The Morgan fingerprint density at radius 3 is 2.00 bits per heavy atom. The first-order valence-corrected chi connectivity index (χ1v) is 11.9.